The first kappa shape index (κ1) is 33.2. The van der Waals surface area contributed by atoms with E-state index >= 15 is 0 Å². The number of carbonyl (C=O) groups is 3. The highest BCUT2D eigenvalue weighted by atomic mass is 32.2. The largest absolute Gasteiger partial charge is 0.465 e. The number of hydrogen-bond acceptors (Lipinski definition) is 8. The fourth-order valence-electron chi connectivity index (χ4n) is 9.91. The summed E-state index contributed by atoms with van der Waals surface area (Å²) in [4.78, 5) is 41.7. The summed E-state index contributed by atoms with van der Waals surface area (Å²) in [7, 11) is 0. The van der Waals surface area contributed by atoms with E-state index in [2.05, 4.69) is 20.4 Å². The standard InChI is InChI=1S/C38H46O6S2/c1-23-20-38-21-27(23)11-16-30(38)36(3)18-17-32(43-34(40)25-7-12-28(45-5)13-8-25)37(4,22-42-24(2)39)31(36)19-33(38)44-35(41)26-9-14-29(46-6)15-10-26/h7-10,12-15,27,30-33H,1,11,16-22H2,2-6H3/t27-,30-,31-,32+,33-,36-,37+,38-/m0/s1. The number of ether oxygens (including phenoxy) is 3. The van der Waals surface area contributed by atoms with Gasteiger partial charge in [0.2, 0.25) is 0 Å². The topological polar surface area (TPSA) is 78.9 Å². The zero-order valence-electron chi connectivity index (χ0n) is 27.6. The highest BCUT2D eigenvalue weighted by Crippen LogP contribution is 2.73. The van der Waals surface area contributed by atoms with Gasteiger partial charge in [-0.3, -0.25) is 4.79 Å². The molecule has 4 aliphatic carbocycles. The van der Waals surface area contributed by atoms with E-state index in [1.165, 1.54) is 12.5 Å². The molecular weight excluding hydrogens is 617 g/mol. The van der Waals surface area contributed by atoms with Gasteiger partial charge in [-0.1, -0.05) is 26.0 Å². The number of benzene rings is 2. The Balaban J connectivity index is 1.36. The number of fused-ring (bicyclic) bond motifs is 3. The molecule has 2 aromatic carbocycles. The molecule has 46 heavy (non-hydrogen) atoms. The van der Waals surface area contributed by atoms with Gasteiger partial charge in [0, 0.05) is 27.5 Å². The fourth-order valence-corrected chi connectivity index (χ4v) is 10.7. The van der Waals surface area contributed by atoms with Crippen molar-refractivity contribution in [2.75, 3.05) is 19.1 Å². The molecule has 246 valence electrons. The van der Waals surface area contributed by atoms with Crippen LogP contribution in [0, 0.1) is 34.0 Å². The maximum Gasteiger partial charge on any atom is 0.338 e. The SMILES string of the molecule is C=C1C[C@]23C[C@@H]1CC[C@H]2[C@]1(C)CC[C@@H](OC(=O)c2ccc(SC)cc2)[C@](C)(COC(C)=O)[C@H]1C[C@@H]3OC(=O)c1ccc(SC)cc1. The van der Waals surface area contributed by atoms with Crippen molar-refractivity contribution in [3.05, 3.63) is 71.8 Å². The molecule has 0 aromatic heterocycles. The van der Waals surface area contributed by atoms with Gasteiger partial charge in [0.1, 0.15) is 18.8 Å². The predicted octanol–water partition coefficient (Wildman–Crippen LogP) is 8.63. The second-order valence-electron chi connectivity index (χ2n) is 14.5. The molecule has 4 saturated carbocycles. The third-order valence-electron chi connectivity index (χ3n) is 12.2. The van der Waals surface area contributed by atoms with Crippen molar-refractivity contribution in [3.63, 3.8) is 0 Å². The first-order valence-electron chi connectivity index (χ1n) is 16.4. The van der Waals surface area contributed by atoms with Crippen LogP contribution in [0.1, 0.15) is 86.4 Å². The highest BCUT2D eigenvalue weighted by Gasteiger charge is 2.70. The van der Waals surface area contributed by atoms with Crippen molar-refractivity contribution in [1.29, 1.82) is 0 Å². The van der Waals surface area contributed by atoms with Crippen LogP contribution in [-0.2, 0) is 19.0 Å². The van der Waals surface area contributed by atoms with Gasteiger partial charge < -0.3 is 14.2 Å². The molecule has 4 fully saturated rings. The van der Waals surface area contributed by atoms with Crippen LogP contribution in [0.2, 0.25) is 0 Å². The summed E-state index contributed by atoms with van der Waals surface area (Å²) in [6.45, 7) is 10.6. The van der Waals surface area contributed by atoms with Crippen LogP contribution in [0.5, 0.6) is 0 Å². The van der Waals surface area contributed by atoms with Gasteiger partial charge in [0.25, 0.3) is 0 Å². The van der Waals surface area contributed by atoms with Crippen LogP contribution in [0.3, 0.4) is 0 Å². The Morgan fingerprint density at radius 1 is 0.826 bits per heavy atom. The normalized spacial score (nSPS) is 34.6. The van der Waals surface area contributed by atoms with Crippen LogP contribution >= 0.6 is 23.5 Å². The number of esters is 3. The molecule has 1 spiro atoms. The molecular formula is C38H46O6S2. The van der Waals surface area contributed by atoms with Gasteiger partial charge in [-0.25, -0.2) is 9.59 Å². The lowest BCUT2D eigenvalue weighted by Gasteiger charge is -2.66. The minimum atomic E-state index is -0.674. The molecule has 4 aliphatic rings. The minimum absolute atomic E-state index is 0.0116. The second kappa shape index (κ2) is 12.7. The van der Waals surface area contributed by atoms with Crippen molar-refractivity contribution >= 4 is 41.4 Å². The Kier molecular flexibility index (Phi) is 9.18. The number of thioether (sulfide) groups is 2. The van der Waals surface area contributed by atoms with E-state index in [4.69, 9.17) is 14.2 Å². The highest BCUT2D eigenvalue weighted by molar-refractivity contribution is 7.98. The van der Waals surface area contributed by atoms with Gasteiger partial charge in [0.15, 0.2) is 0 Å². The average molecular weight is 663 g/mol. The quantitative estimate of drug-likeness (QED) is 0.120. The van der Waals surface area contributed by atoms with Gasteiger partial charge in [-0.15, -0.1) is 23.5 Å². The van der Waals surface area contributed by atoms with Crippen molar-refractivity contribution < 1.29 is 28.6 Å². The van der Waals surface area contributed by atoms with Crippen LogP contribution in [0.4, 0.5) is 0 Å². The van der Waals surface area contributed by atoms with Crippen LogP contribution in [0.25, 0.3) is 0 Å². The fraction of sp³-hybridized carbons (Fsp3) is 0.553. The van der Waals surface area contributed by atoms with Crippen LogP contribution < -0.4 is 0 Å². The van der Waals surface area contributed by atoms with E-state index in [1.807, 2.05) is 61.0 Å². The zero-order chi connectivity index (χ0) is 32.9. The summed E-state index contributed by atoms with van der Waals surface area (Å²) in [5.41, 5.74) is 1.38. The molecule has 0 amide bonds. The monoisotopic (exact) mass is 662 g/mol. The first-order valence-corrected chi connectivity index (χ1v) is 18.9. The summed E-state index contributed by atoms with van der Waals surface area (Å²) in [5, 5.41) is 0. The van der Waals surface area contributed by atoms with E-state index in [9.17, 15) is 14.4 Å². The van der Waals surface area contributed by atoms with Crippen LogP contribution in [-0.4, -0.2) is 49.2 Å². The minimum Gasteiger partial charge on any atom is -0.465 e. The van der Waals surface area contributed by atoms with Crippen molar-refractivity contribution in [2.24, 2.45) is 34.0 Å². The molecule has 0 saturated heterocycles. The Labute approximate surface area is 281 Å². The summed E-state index contributed by atoms with van der Waals surface area (Å²) in [5.74, 6) is -0.278. The molecule has 0 aliphatic heterocycles. The molecule has 6 rings (SSSR count). The van der Waals surface area contributed by atoms with Gasteiger partial charge in [0.05, 0.1) is 11.1 Å². The Morgan fingerprint density at radius 3 is 1.93 bits per heavy atom. The van der Waals surface area contributed by atoms with E-state index in [0.717, 1.165) is 41.9 Å². The molecule has 0 unspecified atom stereocenters. The summed E-state index contributed by atoms with van der Waals surface area (Å²) in [6, 6.07) is 15.1. The predicted molar refractivity (Wildman–Crippen MR) is 182 cm³/mol. The lowest BCUT2D eigenvalue weighted by molar-refractivity contribution is -0.232. The van der Waals surface area contributed by atoms with Gasteiger partial charge in [-0.2, -0.15) is 0 Å². The van der Waals surface area contributed by atoms with Gasteiger partial charge in [-0.05, 0) is 129 Å². The molecule has 2 aromatic rings. The summed E-state index contributed by atoms with van der Waals surface area (Å²) < 4.78 is 18.7. The third-order valence-corrected chi connectivity index (χ3v) is 13.6. The second-order valence-corrected chi connectivity index (χ2v) is 16.2. The first-order chi connectivity index (χ1) is 21.9. The zero-order valence-corrected chi connectivity index (χ0v) is 29.3. The number of carbonyl (C=O) groups excluding carboxylic acids is 3. The Hall–Kier alpha value is -2.71. The van der Waals surface area contributed by atoms with E-state index in [0.29, 0.717) is 35.8 Å². The number of allylic oxidation sites excluding steroid dienone is 1. The smallest absolute Gasteiger partial charge is 0.338 e. The van der Waals surface area contributed by atoms with Crippen molar-refractivity contribution in [1.82, 2.24) is 0 Å². The van der Waals surface area contributed by atoms with Gasteiger partial charge >= 0.3 is 17.9 Å². The third kappa shape index (κ3) is 5.72. The molecule has 0 radical (unpaired) electrons. The molecule has 2 bridgehead atoms. The van der Waals surface area contributed by atoms with E-state index in [-0.39, 0.29) is 47.4 Å². The van der Waals surface area contributed by atoms with Crippen molar-refractivity contribution in [3.8, 4) is 0 Å². The lowest BCUT2D eigenvalue weighted by Crippen LogP contribution is -2.66. The average Bonchev–Trinajstić information content (AvgIpc) is 3.30. The molecule has 0 N–H and O–H groups in total. The summed E-state index contributed by atoms with van der Waals surface area (Å²) in [6.07, 6.45) is 9.43. The van der Waals surface area contributed by atoms with Crippen LogP contribution in [0.15, 0.2) is 70.5 Å². The maximum absolute atomic E-state index is 13.8. The molecule has 8 atom stereocenters. The molecule has 6 nitrogen and oxygen atoms in total. The van der Waals surface area contributed by atoms with Crippen molar-refractivity contribution in [2.45, 2.75) is 87.7 Å². The van der Waals surface area contributed by atoms with E-state index in [1.54, 1.807) is 23.5 Å². The number of hydrogen-bond donors (Lipinski definition) is 0. The van der Waals surface area contributed by atoms with E-state index < -0.39 is 11.5 Å². The maximum atomic E-state index is 13.8. The Bertz CT molecular complexity index is 1500. The number of rotatable bonds is 8. The molecule has 0 heterocycles. The lowest BCUT2D eigenvalue weighted by atomic mass is 9.40. The summed E-state index contributed by atoms with van der Waals surface area (Å²) >= 11 is 3.26. The molecule has 8 heteroatoms. The Morgan fingerprint density at radius 2 is 1.39 bits per heavy atom.